The first kappa shape index (κ1) is 21.4. The first-order valence-corrected chi connectivity index (χ1v) is 11.2. The summed E-state index contributed by atoms with van der Waals surface area (Å²) in [7, 11) is 0. The standard InChI is InChI=1S/C22H26Cl2N2O4/c1-12(20(28)26-18-3-2-16(23)7-17(18)24)30-19(27)11-25-21(29)22-8-13-4-14(9-22)6-15(5-13)10-22/h2-3,7,12-15H,4-6,8-11H2,1H3,(H,25,29)(H,26,28). The Kier molecular flexibility index (Phi) is 5.99. The van der Waals surface area contributed by atoms with E-state index in [1.807, 2.05) is 0 Å². The van der Waals surface area contributed by atoms with Gasteiger partial charge in [0, 0.05) is 10.4 Å². The van der Waals surface area contributed by atoms with E-state index in [9.17, 15) is 14.4 Å². The lowest BCUT2D eigenvalue weighted by atomic mass is 9.49. The van der Waals surface area contributed by atoms with Crippen molar-refractivity contribution in [3.8, 4) is 0 Å². The summed E-state index contributed by atoms with van der Waals surface area (Å²) in [6.07, 6.45) is 5.51. The molecule has 5 rings (SSSR count). The van der Waals surface area contributed by atoms with Gasteiger partial charge in [0.15, 0.2) is 6.10 Å². The molecule has 8 heteroatoms. The summed E-state index contributed by atoms with van der Waals surface area (Å²) in [6.45, 7) is 1.23. The van der Waals surface area contributed by atoms with Gasteiger partial charge in [0.25, 0.3) is 5.91 Å². The van der Waals surface area contributed by atoms with Crippen LogP contribution in [0.1, 0.15) is 45.4 Å². The Morgan fingerprint density at radius 3 is 2.27 bits per heavy atom. The second-order valence-corrected chi connectivity index (χ2v) is 9.97. The summed E-state index contributed by atoms with van der Waals surface area (Å²) in [5, 5.41) is 6.11. The molecule has 1 atom stereocenters. The van der Waals surface area contributed by atoms with E-state index < -0.39 is 18.0 Å². The fourth-order valence-corrected chi connectivity index (χ4v) is 6.30. The summed E-state index contributed by atoms with van der Waals surface area (Å²) in [5.74, 6) is 0.758. The second-order valence-electron chi connectivity index (χ2n) is 9.13. The minimum Gasteiger partial charge on any atom is -0.451 e. The highest BCUT2D eigenvalue weighted by Gasteiger charge is 2.54. The van der Waals surface area contributed by atoms with Crippen LogP contribution in [0.15, 0.2) is 18.2 Å². The van der Waals surface area contributed by atoms with Gasteiger partial charge < -0.3 is 15.4 Å². The molecule has 4 aliphatic carbocycles. The molecule has 162 valence electrons. The molecule has 0 saturated heterocycles. The molecule has 30 heavy (non-hydrogen) atoms. The molecule has 4 aliphatic rings. The summed E-state index contributed by atoms with van der Waals surface area (Å²) in [5.41, 5.74) is 0.0627. The van der Waals surface area contributed by atoms with Crippen LogP contribution in [0.5, 0.6) is 0 Å². The fourth-order valence-electron chi connectivity index (χ4n) is 5.85. The molecule has 0 radical (unpaired) electrons. The van der Waals surface area contributed by atoms with Crippen LogP contribution in [-0.4, -0.2) is 30.4 Å². The van der Waals surface area contributed by atoms with E-state index in [-0.39, 0.29) is 22.9 Å². The number of benzene rings is 1. The summed E-state index contributed by atoms with van der Waals surface area (Å²) < 4.78 is 5.18. The van der Waals surface area contributed by atoms with Gasteiger partial charge in [-0.05, 0) is 81.4 Å². The normalized spacial score (nSPS) is 29.9. The van der Waals surface area contributed by atoms with Gasteiger partial charge in [0.05, 0.1) is 10.7 Å². The minimum absolute atomic E-state index is 0.0383. The van der Waals surface area contributed by atoms with E-state index in [1.54, 1.807) is 12.1 Å². The molecule has 2 amide bonds. The Hall–Kier alpha value is -1.79. The van der Waals surface area contributed by atoms with Gasteiger partial charge >= 0.3 is 5.97 Å². The SMILES string of the molecule is CC(OC(=O)CNC(=O)C12CC3CC(CC(C3)C1)C2)C(=O)Nc1ccc(Cl)cc1Cl. The number of ether oxygens (including phenoxy) is 1. The molecule has 4 fully saturated rings. The Morgan fingerprint density at radius 2 is 1.70 bits per heavy atom. The van der Waals surface area contributed by atoms with Crippen LogP contribution in [0.25, 0.3) is 0 Å². The van der Waals surface area contributed by atoms with Crippen molar-refractivity contribution in [2.75, 3.05) is 11.9 Å². The fraction of sp³-hybridized carbons (Fsp3) is 0.591. The number of nitrogens with one attached hydrogen (secondary N) is 2. The first-order valence-electron chi connectivity index (χ1n) is 10.5. The maximum Gasteiger partial charge on any atom is 0.326 e. The van der Waals surface area contributed by atoms with Crippen molar-refractivity contribution in [3.63, 3.8) is 0 Å². The van der Waals surface area contributed by atoms with E-state index in [4.69, 9.17) is 27.9 Å². The number of rotatable bonds is 6. The summed E-state index contributed by atoms with van der Waals surface area (Å²) >= 11 is 11.9. The van der Waals surface area contributed by atoms with Crippen LogP contribution in [0.4, 0.5) is 5.69 Å². The van der Waals surface area contributed by atoms with Crippen molar-refractivity contribution >= 4 is 46.7 Å². The van der Waals surface area contributed by atoms with Crippen LogP contribution in [0.2, 0.25) is 10.0 Å². The molecule has 0 spiro atoms. The van der Waals surface area contributed by atoms with E-state index in [2.05, 4.69) is 10.6 Å². The van der Waals surface area contributed by atoms with Crippen molar-refractivity contribution in [3.05, 3.63) is 28.2 Å². The van der Waals surface area contributed by atoms with Crippen LogP contribution < -0.4 is 10.6 Å². The van der Waals surface area contributed by atoms with Crippen LogP contribution in [0.3, 0.4) is 0 Å². The lowest BCUT2D eigenvalue weighted by molar-refractivity contribution is -0.155. The zero-order valence-electron chi connectivity index (χ0n) is 16.9. The number of anilines is 1. The van der Waals surface area contributed by atoms with Crippen molar-refractivity contribution in [2.45, 2.75) is 51.6 Å². The molecule has 4 saturated carbocycles. The molecule has 6 nitrogen and oxygen atoms in total. The average molecular weight is 453 g/mol. The van der Waals surface area contributed by atoms with E-state index in [1.165, 1.54) is 32.3 Å². The van der Waals surface area contributed by atoms with Gasteiger partial charge in [-0.3, -0.25) is 14.4 Å². The Labute approximate surface area is 186 Å². The highest BCUT2D eigenvalue weighted by molar-refractivity contribution is 6.36. The molecular weight excluding hydrogens is 427 g/mol. The van der Waals surface area contributed by atoms with Gasteiger partial charge in [-0.2, -0.15) is 0 Å². The third-order valence-electron chi connectivity index (χ3n) is 6.78. The Bertz CT molecular complexity index is 837. The van der Waals surface area contributed by atoms with Crippen molar-refractivity contribution < 1.29 is 19.1 Å². The number of esters is 1. The summed E-state index contributed by atoms with van der Waals surface area (Å²) in [6, 6.07) is 4.68. The van der Waals surface area contributed by atoms with Gasteiger partial charge in [-0.25, -0.2) is 0 Å². The predicted molar refractivity (Wildman–Crippen MR) is 114 cm³/mol. The molecule has 4 bridgehead atoms. The van der Waals surface area contributed by atoms with E-state index in [0.717, 1.165) is 19.3 Å². The minimum atomic E-state index is -1.03. The largest absolute Gasteiger partial charge is 0.451 e. The molecule has 1 aromatic carbocycles. The van der Waals surface area contributed by atoms with Crippen molar-refractivity contribution in [2.24, 2.45) is 23.2 Å². The zero-order valence-corrected chi connectivity index (χ0v) is 18.4. The number of amides is 2. The van der Waals surface area contributed by atoms with Crippen LogP contribution in [-0.2, 0) is 19.1 Å². The molecule has 0 aromatic heterocycles. The highest BCUT2D eigenvalue weighted by atomic mass is 35.5. The maximum absolute atomic E-state index is 12.9. The predicted octanol–water partition coefficient (Wildman–Crippen LogP) is 4.20. The van der Waals surface area contributed by atoms with Crippen LogP contribution >= 0.6 is 23.2 Å². The molecular formula is C22H26Cl2N2O4. The third kappa shape index (κ3) is 4.45. The number of hydrogen-bond acceptors (Lipinski definition) is 4. The number of carbonyl (C=O) groups excluding carboxylic acids is 3. The topological polar surface area (TPSA) is 84.5 Å². The molecule has 1 unspecified atom stereocenters. The van der Waals surface area contributed by atoms with Gasteiger partial charge in [0.1, 0.15) is 6.54 Å². The first-order chi connectivity index (χ1) is 14.2. The van der Waals surface area contributed by atoms with E-state index in [0.29, 0.717) is 28.5 Å². The number of hydrogen-bond donors (Lipinski definition) is 2. The second kappa shape index (κ2) is 8.39. The van der Waals surface area contributed by atoms with Crippen LogP contribution in [0, 0.1) is 23.2 Å². The summed E-state index contributed by atoms with van der Waals surface area (Å²) in [4.78, 5) is 37.4. The van der Waals surface area contributed by atoms with Gasteiger partial charge in [-0.15, -0.1) is 0 Å². The quantitative estimate of drug-likeness (QED) is 0.633. The Morgan fingerprint density at radius 1 is 1.10 bits per heavy atom. The Balaban J connectivity index is 1.26. The maximum atomic E-state index is 12.9. The highest BCUT2D eigenvalue weighted by Crippen LogP contribution is 2.60. The van der Waals surface area contributed by atoms with Crippen molar-refractivity contribution in [1.82, 2.24) is 5.32 Å². The number of carbonyl (C=O) groups is 3. The van der Waals surface area contributed by atoms with Gasteiger partial charge in [0.2, 0.25) is 5.91 Å². The zero-order chi connectivity index (χ0) is 21.5. The van der Waals surface area contributed by atoms with Crippen molar-refractivity contribution in [1.29, 1.82) is 0 Å². The van der Waals surface area contributed by atoms with E-state index >= 15 is 0 Å². The molecule has 0 heterocycles. The number of halogens is 2. The monoisotopic (exact) mass is 452 g/mol. The lowest BCUT2D eigenvalue weighted by Crippen LogP contribution is -2.54. The molecule has 0 aliphatic heterocycles. The molecule has 1 aromatic rings. The smallest absolute Gasteiger partial charge is 0.326 e. The molecule has 2 N–H and O–H groups in total. The average Bonchev–Trinajstić information content (AvgIpc) is 2.67. The lowest BCUT2D eigenvalue weighted by Gasteiger charge is -2.55. The third-order valence-corrected chi connectivity index (χ3v) is 7.33. The van der Waals surface area contributed by atoms with Gasteiger partial charge in [-0.1, -0.05) is 23.2 Å².